The number of β-amino-alcohol motifs (C(OH)–C–C–N with tert-alkyl or cyclic N) is 1. The molecule has 3 heterocycles. The molecule has 3 aromatic rings. The third-order valence-corrected chi connectivity index (χ3v) is 8.09. The van der Waals surface area contributed by atoms with Gasteiger partial charge < -0.3 is 29.5 Å². The second-order valence-electron chi connectivity index (χ2n) is 10.6. The highest BCUT2D eigenvalue weighted by molar-refractivity contribution is 6.30. The zero-order chi connectivity index (χ0) is 26.3. The number of likely N-dealkylation sites (tertiary alicyclic amines) is 1. The molecule has 38 heavy (non-hydrogen) atoms. The van der Waals surface area contributed by atoms with Crippen LogP contribution in [0.5, 0.6) is 17.2 Å². The van der Waals surface area contributed by atoms with Gasteiger partial charge in [0.1, 0.15) is 35.6 Å². The number of amides is 1. The fraction of sp³-hybridized carbons (Fsp3) is 0.367. The monoisotopic (exact) mass is 534 g/mol. The Balaban J connectivity index is 1.03. The Morgan fingerprint density at radius 2 is 1.76 bits per heavy atom. The van der Waals surface area contributed by atoms with Gasteiger partial charge in [-0.05, 0) is 47.0 Å². The predicted molar refractivity (Wildman–Crippen MR) is 144 cm³/mol. The van der Waals surface area contributed by atoms with Crippen LogP contribution in [0, 0.1) is 0 Å². The van der Waals surface area contributed by atoms with Gasteiger partial charge in [-0.3, -0.25) is 4.79 Å². The van der Waals surface area contributed by atoms with Gasteiger partial charge in [0.2, 0.25) is 0 Å². The van der Waals surface area contributed by atoms with E-state index < -0.39 is 6.10 Å². The molecule has 8 heteroatoms. The maximum absolute atomic E-state index is 13.3. The molecular weight excluding hydrogens is 504 g/mol. The Kier molecular flexibility index (Phi) is 6.68. The largest absolute Gasteiger partial charge is 0.508 e. The lowest BCUT2D eigenvalue weighted by atomic mass is 9.87. The Hall–Kier alpha value is -3.26. The minimum Gasteiger partial charge on any atom is -0.508 e. The number of hydrogen-bond acceptors (Lipinski definition) is 6. The van der Waals surface area contributed by atoms with E-state index in [4.69, 9.17) is 21.1 Å². The molecule has 0 radical (unpaired) electrons. The van der Waals surface area contributed by atoms with Crippen LogP contribution in [0.15, 0.2) is 60.7 Å². The van der Waals surface area contributed by atoms with E-state index in [-0.39, 0.29) is 29.6 Å². The number of nitrogens with zero attached hydrogens (tertiary/aromatic N) is 2. The smallest absolute Gasteiger partial charge is 0.258 e. The summed E-state index contributed by atoms with van der Waals surface area (Å²) in [6.45, 7) is 3.17. The molecule has 0 unspecified atom stereocenters. The van der Waals surface area contributed by atoms with Crippen LogP contribution in [-0.2, 0) is 19.5 Å². The molecule has 198 valence electrons. The summed E-state index contributed by atoms with van der Waals surface area (Å²) in [6, 6.07) is 18.3. The second-order valence-corrected chi connectivity index (χ2v) is 11.0. The molecule has 0 aromatic heterocycles. The van der Waals surface area contributed by atoms with E-state index in [0.717, 1.165) is 59.8 Å². The number of hydrogen-bond donors (Lipinski definition) is 2. The summed E-state index contributed by atoms with van der Waals surface area (Å²) in [5, 5.41) is 21.5. The number of aromatic hydroxyl groups is 1. The summed E-state index contributed by atoms with van der Waals surface area (Å²) >= 11 is 6.15. The van der Waals surface area contributed by atoms with Crippen LogP contribution in [-0.4, -0.2) is 63.9 Å². The van der Waals surface area contributed by atoms with Crippen LogP contribution in [0.2, 0.25) is 5.02 Å². The summed E-state index contributed by atoms with van der Waals surface area (Å²) in [5.74, 6) is 1.05. The first-order chi connectivity index (χ1) is 18.4. The van der Waals surface area contributed by atoms with E-state index in [1.165, 1.54) is 12.1 Å². The average Bonchev–Trinajstić information content (AvgIpc) is 3.50. The number of aliphatic hydroxyl groups is 1. The summed E-state index contributed by atoms with van der Waals surface area (Å²) < 4.78 is 12.2. The second kappa shape index (κ2) is 10.1. The number of piperidine rings is 1. The van der Waals surface area contributed by atoms with E-state index in [1.54, 1.807) is 11.0 Å². The van der Waals surface area contributed by atoms with Crippen LogP contribution < -0.4 is 9.47 Å². The molecule has 3 aliphatic heterocycles. The number of rotatable bonds is 6. The molecule has 0 bridgehead atoms. The van der Waals surface area contributed by atoms with Crippen molar-refractivity contribution in [2.45, 2.75) is 44.1 Å². The molecule has 1 amide bonds. The Labute approximate surface area is 227 Å². The maximum atomic E-state index is 13.3. The van der Waals surface area contributed by atoms with E-state index in [1.807, 2.05) is 42.5 Å². The molecular formula is C30H31ClN2O5. The molecule has 7 nitrogen and oxygen atoms in total. The molecule has 1 saturated heterocycles. The van der Waals surface area contributed by atoms with Crippen LogP contribution in [0.4, 0.5) is 0 Å². The third kappa shape index (κ3) is 5.06. The lowest BCUT2D eigenvalue weighted by Crippen LogP contribution is -2.49. The number of benzene rings is 3. The highest BCUT2D eigenvalue weighted by Gasteiger charge is 2.42. The van der Waals surface area contributed by atoms with Crippen LogP contribution in [0.25, 0.3) is 0 Å². The van der Waals surface area contributed by atoms with Gasteiger partial charge in [-0.25, -0.2) is 0 Å². The number of carbonyl (C=O) groups excluding carboxylic acids is 1. The molecule has 1 atom stereocenters. The molecule has 2 N–H and O–H groups in total. The molecule has 3 aromatic carbocycles. The fourth-order valence-electron chi connectivity index (χ4n) is 5.82. The first-order valence-electron chi connectivity index (χ1n) is 13.1. The highest BCUT2D eigenvalue weighted by atomic mass is 35.5. The van der Waals surface area contributed by atoms with Gasteiger partial charge in [0.25, 0.3) is 5.91 Å². The van der Waals surface area contributed by atoms with Gasteiger partial charge >= 0.3 is 0 Å². The Morgan fingerprint density at radius 1 is 1.03 bits per heavy atom. The van der Waals surface area contributed by atoms with Crippen molar-refractivity contribution in [2.75, 3.05) is 26.2 Å². The van der Waals surface area contributed by atoms with Gasteiger partial charge in [0, 0.05) is 63.1 Å². The van der Waals surface area contributed by atoms with Crippen molar-refractivity contribution in [3.05, 3.63) is 87.9 Å². The number of phenols is 1. The SMILES string of the molecule is O=C(c1ccc(O)cc1OC[C@H](O)CN1CCC2(CC1)Cc1cc(Cl)ccc1O2)N1Cc2ccccc2C1. The minimum atomic E-state index is -0.745. The predicted octanol–water partition coefficient (Wildman–Crippen LogP) is 4.41. The van der Waals surface area contributed by atoms with Crippen LogP contribution in [0.1, 0.15) is 39.9 Å². The number of aliphatic hydroxyl groups excluding tert-OH is 1. The Morgan fingerprint density at radius 3 is 2.50 bits per heavy atom. The van der Waals surface area contributed by atoms with Crippen molar-refractivity contribution in [1.82, 2.24) is 9.80 Å². The normalized spacial score (nSPS) is 18.6. The first kappa shape index (κ1) is 25.0. The zero-order valence-corrected chi connectivity index (χ0v) is 21.9. The minimum absolute atomic E-state index is 0.0101. The van der Waals surface area contributed by atoms with Gasteiger partial charge in [-0.15, -0.1) is 0 Å². The lowest BCUT2D eigenvalue weighted by Gasteiger charge is -2.39. The first-order valence-corrected chi connectivity index (χ1v) is 13.4. The molecule has 6 rings (SSSR count). The molecule has 1 spiro atoms. The van der Waals surface area contributed by atoms with Crippen molar-refractivity contribution >= 4 is 17.5 Å². The third-order valence-electron chi connectivity index (χ3n) is 7.85. The van der Waals surface area contributed by atoms with Crippen molar-refractivity contribution < 1.29 is 24.5 Å². The van der Waals surface area contributed by atoms with Crippen molar-refractivity contribution in [3.8, 4) is 17.2 Å². The van der Waals surface area contributed by atoms with Gasteiger partial charge in [0.15, 0.2) is 0 Å². The van der Waals surface area contributed by atoms with Crippen molar-refractivity contribution in [1.29, 1.82) is 0 Å². The number of halogens is 1. The molecule has 1 fully saturated rings. The van der Waals surface area contributed by atoms with E-state index >= 15 is 0 Å². The number of phenolic OH excluding ortho intramolecular Hbond substituents is 1. The zero-order valence-electron chi connectivity index (χ0n) is 21.1. The van der Waals surface area contributed by atoms with Gasteiger partial charge in [-0.2, -0.15) is 0 Å². The lowest BCUT2D eigenvalue weighted by molar-refractivity contribution is -0.00203. The summed E-state index contributed by atoms with van der Waals surface area (Å²) in [4.78, 5) is 17.3. The number of ether oxygens (including phenoxy) is 2. The van der Waals surface area contributed by atoms with Gasteiger partial charge in [0.05, 0.1) is 5.56 Å². The maximum Gasteiger partial charge on any atom is 0.258 e. The molecule has 0 saturated carbocycles. The van der Waals surface area contributed by atoms with E-state index in [2.05, 4.69) is 4.90 Å². The molecule has 0 aliphatic carbocycles. The fourth-order valence-corrected chi connectivity index (χ4v) is 6.01. The summed E-state index contributed by atoms with van der Waals surface area (Å²) in [5.41, 5.74) is 3.61. The van der Waals surface area contributed by atoms with E-state index in [9.17, 15) is 15.0 Å². The standard InChI is InChI=1S/C30H31ClN2O5/c31-23-5-8-27-22(13-23)15-30(38-27)9-11-32(12-10-30)18-25(35)19-37-28-14-24(34)6-7-26(28)29(36)33-16-20-3-1-2-4-21(20)17-33/h1-8,13-14,25,34-35H,9-12,15-19H2/t25-/m1/s1. The average molecular weight is 535 g/mol. The van der Waals surface area contributed by atoms with Crippen molar-refractivity contribution in [3.63, 3.8) is 0 Å². The van der Waals surface area contributed by atoms with E-state index in [0.29, 0.717) is 25.2 Å². The topological polar surface area (TPSA) is 82.5 Å². The number of carbonyl (C=O) groups is 1. The summed E-state index contributed by atoms with van der Waals surface area (Å²) in [6.07, 6.45) is 1.86. The number of fused-ring (bicyclic) bond motifs is 2. The van der Waals surface area contributed by atoms with Crippen LogP contribution >= 0.6 is 11.6 Å². The van der Waals surface area contributed by atoms with Crippen molar-refractivity contribution in [2.24, 2.45) is 0 Å². The van der Waals surface area contributed by atoms with Crippen LogP contribution in [0.3, 0.4) is 0 Å². The highest BCUT2D eigenvalue weighted by Crippen LogP contribution is 2.42. The summed E-state index contributed by atoms with van der Waals surface area (Å²) in [7, 11) is 0. The molecule has 3 aliphatic rings. The quantitative estimate of drug-likeness (QED) is 0.487. The Bertz CT molecular complexity index is 1330. The van der Waals surface area contributed by atoms with Gasteiger partial charge in [-0.1, -0.05) is 35.9 Å².